The first-order valence-corrected chi connectivity index (χ1v) is 4.62. The summed E-state index contributed by atoms with van der Waals surface area (Å²) in [6.07, 6.45) is 0.618. The van der Waals surface area contributed by atoms with E-state index in [4.69, 9.17) is 22.4 Å². The van der Waals surface area contributed by atoms with Crippen molar-refractivity contribution in [3.63, 3.8) is 0 Å². The molecule has 13 heavy (non-hydrogen) atoms. The van der Waals surface area contributed by atoms with E-state index in [1.807, 2.05) is 13.8 Å². The lowest BCUT2D eigenvalue weighted by Gasteiger charge is -2.24. The van der Waals surface area contributed by atoms with Crippen molar-refractivity contribution in [2.75, 3.05) is 20.3 Å². The van der Waals surface area contributed by atoms with Crippen LogP contribution >= 0.6 is 0 Å². The summed E-state index contributed by atoms with van der Waals surface area (Å²) in [7, 11) is 7.39. The van der Waals surface area contributed by atoms with E-state index in [-0.39, 0.29) is 24.6 Å². The molecule has 0 aromatic carbocycles. The van der Waals surface area contributed by atoms with Crippen LogP contribution in [0, 0.1) is 5.92 Å². The molecule has 0 fully saturated rings. The highest BCUT2D eigenvalue weighted by molar-refractivity contribution is 6.11. The molecule has 3 atom stereocenters. The molecular formula is C9H19BO3. The van der Waals surface area contributed by atoms with Crippen LogP contribution in [0.3, 0.4) is 0 Å². The molecule has 0 aliphatic carbocycles. The summed E-state index contributed by atoms with van der Waals surface area (Å²) in [5, 5.41) is 8.65. The Labute approximate surface area is 81.8 Å². The van der Waals surface area contributed by atoms with Gasteiger partial charge in [-0.25, -0.2) is 0 Å². The van der Waals surface area contributed by atoms with Gasteiger partial charge in [0.15, 0.2) is 0 Å². The minimum absolute atomic E-state index is 0.000642. The van der Waals surface area contributed by atoms with Gasteiger partial charge < -0.3 is 14.6 Å². The van der Waals surface area contributed by atoms with E-state index in [1.165, 1.54) is 0 Å². The molecule has 76 valence electrons. The van der Waals surface area contributed by atoms with Gasteiger partial charge in [0.2, 0.25) is 0 Å². The third-order valence-corrected chi connectivity index (χ3v) is 1.92. The lowest BCUT2D eigenvalue weighted by molar-refractivity contribution is -0.0126. The van der Waals surface area contributed by atoms with Crippen molar-refractivity contribution in [3.8, 4) is 0 Å². The van der Waals surface area contributed by atoms with Crippen LogP contribution in [-0.4, -0.2) is 45.4 Å². The van der Waals surface area contributed by atoms with Crippen LogP contribution in [0.5, 0.6) is 0 Å². The molecule has 0 heterocycles. The third-order valence-electron chi connectivity index (χ3n) is 1.92. The van der Waals surface area contributed by atoms with Crippen molar-refractivity contribution in [2.24, 2.45) is 5.92 Å². The Balaban J connectivity index is 3.64. The highest BCUT2D eigenvalue weighted by Crippen LogP contribution is 2.08. The molecule has 3 unspecified atom stereocenters. The maximum Gasteiger partial charge on any atom is 0.109 e. The Morgan fingerprint density at radius 1 is 1.38 bits per heavy atom. The molecule has 0 amide bonds. The Hall–Kier alpha value is -0.0551. The fourth-order valence-electron chi connectivity index (χ4n) is 1.01. The Bertz CT molecular complexity index is 121. The lowest BCUT2D eigenvalue weighted by atomic mass is 9.88. The highest BCUT2D eigenvalue weighted by Gasteiger charge is 2.14. The van der Waals surface area contributed by atoms with Gasteiger partial charge in [-0.3, -0.25) is 0 Å². The minimum atomic E-state index is -0.318. The van der Waals surface area contributed by atoms with Crippen LogP contribution in [0.1, 0.15) is 20.3 Å². The number of methoxy groups -OCH3 is 1. The van der Waals surface area contributed by atoms with Crippen molar-refractivity contribution in [2.45, 2.75) is 32.4 Å². The van der Waals surface area contributed by atoms with Gasteiger partial charge in [-0.1, -0.05) is 6.92 Å². The predicted octanol–water partition coefficient (Wildman–Crippen LogP) is 0.551. The standard InChI is InChI=1S/C9H19BO3/c1-7(6-12-3)9(10)13-8(2)4-5-11/h7-9,11H,4-6H2,1-3H3. The van der Waals surface area contributed by atoms with Crippen molar-refractivity contribution < 1.29 is 14.6 Å². The summed E-state index contributed by atoms with van der Waals surface area (Å²) in [6, 6.07) is -0.318. The molecule has 4 heteroatoms. The zero-order valence-corrected chi connectivity index (χ0v) is 8.69. The molecule has 0 aromatic rings. The van der Waals surface area contributed by atoms with Gasteiger partial charge in [-0.2, -0.15) is 0 Å². The molecule has 0 spiro atoms. The summed E-state index contributed by atoms with van der Waals surface area (Å²) < 4.78 is 10.4. The number of rotatable bonds is 7. The number of aliphatic hydroxyl groups is 1. The highest BCUT2D eigenvalue weighted by atomic mass is 16.5. The molecule has 0 aliphatic heterocycles. The second-order valence-electron chi connectivity index (χ2n) is 3.36. The van der Waals surface area contributed by atoms with Crippen LogP contribution < -0.4 is 0 Å². The molecule has 2 radical (unpaired) electrons. The van der Waals surface area contributed by atoms with E-state index >= 15 is 0 Å². The van der Waals surface area contributed by atoms with Gasteiger partial charge in [0.1, 0.15) is 7.85 Å². The van der Waals surface area contributed by atoms with Crippen LogP contribution in [0.25, 0.3) is 0 Å². The molecule has 0 saturated heterocycles. The summed E-state index contributed by atoms with van der Waals surface area (Å²) >= 11 is 0. The largest absolute Gasteiger partial charge is 0.396 e. The molecule has 0 aromatic heterocycles. The SMILES string of the molecule is [B]C(OC(C)CCO)C(C)COC. The van der Waals surface area contributed by atoms with Gasteiger partial charge in [0.25, 0.3) is 0 Å². The van der Waals surface area contributed by atoms with Crippen molar-refractivity contribution >= 4 is 7.85 Å². The van der Waals surface area contributed by atoms with Gasteiger partial charge in [-0.15, -0.1) is 0 Å². The minimum Gasteiger partial charge on any atom is -0.396 e. The smallest absolute Gasteiger partial charge is 0.109 e. The topological polar surface area (TPSA) is 38.7 Å². The average Bonchev–Trinajstić information content (AvgIpc) is 2.05. The Morgan fingerprint density at radius 2 is 2.00 bits per heavy atom. The van der Waals surface area contributed by atoms with Crippen molar-refractivity contribution in [1.29, 1.82) is 0 Å². The van der Waals surface area contributed by atoms with Gasteiger partial charge in [0, 0.05) is 19.7 Å². The molecule has 0 rings (SSSR count). The van der Waals surface area contributed by atoms with E-state index in [2.05, 4.69) is 0 Å². The number of aliphatic hydroxyl groups excluding tert-OH is 1. The Kier molecular flexibility index (Phi) is 7.33. The first-order valence-electron chi connectivity index (χ1n) is 4.62. The van der Waals surface area contributed by atoms with Gasteiger partial charge in [0.05, 0.1) is 12.7 Å². The van der Waals surface area contributed by atoms with E-state index in [9.17, 15) is 0 Å². The third kappa shape index (κ3) is 6.08. The molecule has 1 N–H and O–H groups in total. The number of hydrogen-bond acceptors (Lipinski definition) is 3. The maximum absolute atomic E-state index is 8.65. The van der Waals surface area contributed by atoms with Gasteiger partial charge in [-0.05, 0) is 19.3 Å². The van der Waals surface area contributed by atoms with E-state index < -0.39 is 0 Å². The Morgan fingerprint density at radius 3 is 2.46 bits per heavy atom. The monoisotopic (exact) mass is 186 g/mol. The van der Waals surface area contributed by atoms with Crippen LogP contribution in [-0.2, 0) is 9.47 Å². The summed E-state index contributed by atoms with van der Waals surface area (Å²) in [5.74, 6) is 0.172. The quantitative estimate of drug-likeness (QED) is 0.590. The van der Waals surface area contributed by atoms with Crippen LogP contribution in [0.2, 0.25) is 0 Å². The van der Waals surface area contributed by atoms with Crippen molar-refractivity contribution in [3.05, 3.63) is 0 Å². The summed E-state index contributed by atoms with van der Waals surface area (Å²) in [5.41, 5.74) is 0. The zero-order chi connectivity index (χ0) is 10.3. The molecule has 0 aliphatic rings. The van der Waals surface area contributed by atoms with Gasteiger partial charge >= 0.3 is 0 Å². The second-order valence-corrected chi connectivity index (χ2v) is 3.36. The van der Waals surface area contributed by atoms with Crippen molar-refractivity contribution in [1.82, 2.24) is 0 Å². The average molecular weight is 186 g/mol. The lowest BCUT2D eigenvalue weighted by Crippen LogP contribution is -2.29. The van der Waals surface area contributed by atoms with E-state index in [1.54, 1.807) is 7.11 Å². The molecule has 0 bridgehead atoms. The molecular weight excluding hydrogens is 167 g/mol. The van der Waals surface area contributed by atoms with E-state index in [0.717, 1.165) is 0 Å². The van der Waals surface area contributed by atoms with E-state index in [0.29, 0.717) is 13.0 Å². The normalized spacial score (nSPS) is 18.2. The van der Waals surface area contributed by atoms with Crippen LogP contribution in [0.15, 0.2) is 0 Å². The number of ether oxygens (including phenoxy) is 2. The maximum atomic E-state index is 8.65. The molecule has 3 nitrogen and oxygen atoms in total. The fourth-order valence-corrected chi connectivity index (χ4v) is 1.01. The zero-order valence-electron chi connectivity index (χ0n) is 8.69. The second kappa shape index (κ2) is 7.36. The number of hydrogen-bond donors (Lipinski definition) is 1. The first-order chi connectivity index (χ1) is 6.11. The fraction of sp³-hybridized carbons (Fsp3) is 1.00. The van der Waals surface area contributed by atoms with Crippen LogP contribution in [0.4, 0.5) is 0 Å². The first kappa shape index (κ1) is 12.9. The summed E-state index contributed by atoms with van der Waals surface area (Å²) in [4.78, 5) is 0. The predicted molar refractivity (Wildman–Crippen MR) is 52.8 cm³/mol. The summed E-state index contributed by atoms with van der Waals surface area (Å²) in [6.45, 7) is 4.59. The molecule has 0 saturated carbocycles.